The second kappa shape index (κ2) is 7.17. The molecule has 2 heterocycles. The van der Waals surface area contributed by atoms with Gasteiger partial charge in [0, 0.05) is 23.7 Å². The zero-order valence-electron chi connectivity index (χ0n) is 17.2. The second-order valence-electron chi connectivity index (χ2n) is 9.32. The fraction of sp³-hybridized carbons (Fsp3) is 0.480. The van der Waals surface area contributed by atoms with Crippen molar-refractivity contribution in [3.63, 3.8) is 0 Å². The maximum absolute atomic E-state index is 13.7. The molecule has 2 aromatic rings. The SMILES string of the molecule is C[C@@]12CCN(C(=O)[C@H]3CCCC[C@H]3N)[C@H]1c1ccccc1N[C@H]2c1ccccc1. The number of para-hydroxylation sites is 1. The molecule has 1 aliphatic carbocycles. The molecule has 0 bridgehead atoms. The summed E-state index contributed by atoms with van der Waals surface area (Å²) in [6.07, 6.45) is 5.16. The van der Waals surface area contributed by atoms with Crippen molar-refractivity contribution >= 4 is 11.6 Å². The second-order valence-corrected chi connectivity index (χ2v) is 9.32. The van der Waals surface area contributed by atoms with Gasteiger partial charge in [0.2, 0.25) is 5.91 Å². The topological polar surface area (TPSA) is 58.4 Å². The van der Waals surface area contributed by atoms with Crippen molar-refractivity contribution in [3.8, 4) is 0 Å². The van der Waals surface area contributed by atoms with E-state index in [1.165, 1.54) is 11.1 Å². The van der Waals surface area contributed by atoms with E-state index in [-0.39, 0.29) is 35.4 Å². The quantitative estimate of drug-likeness (QED) is 0.786. The molecule has 0 spiro atoms. The molecule has 5 rings (SSSR count). The molecule has 4 heteroatoms. The standard InChI is InChI=1S/C25H31N3O/c1-25-15-16-28(24(29)18-11-5-7-13-20(18)26)23(25)19-12-6-8-14-21(19)27-22(25)17-9-3-2-4-10-17/h2-4,6,8-10,12,14,18,20,22-23,27H,5,7,11,13,15-16,26H2,1H3/t18-,20+,22-,23-,25-/m0/s1. The molecule has 4 nitrogen and oxygen atoms in total. The van der Waals surface area contributed by atoms with Gasteiger partial charge >= 0.3 is 0 Å². The predicted octanol–water partition coefficient (Wildman–Crippen LogP) is 4.65. The van der Waals surface area contributed by atoms with Crippen LogP contribution in [0.25, 0.3) is 0 Å². The summed E-state index contributed by atoms with van der Waals surface area (Å²) in [7, 11) is 0. The molecule has 2 aliphatic heterocycles. The van der Waals surface area contributed by atoms with E-state index in [1.54, 1.807) is 0 Å². The van der Waals surface area contributed by atoms with Crippen LogP contribution in [0, 0.1) is 11.3 Å². The highest BCUT2D eigenvalue weighted by molar-refractivity contribution is 5.81. The van der Waals surface area contributed by atoms with Gasteiger partial charge in [-0.2, -0.15) is 0 Å². The summed E-state index contributed by atoms with van der Waals surface area (Å²) < 4.78 is 0. The third-order valence-corrected chi connectivity index (χ3v) is 7.59. The van der Waals surface area contributed by atoms with Crippen LogP contribution in [-0.4, -0.2) is 23.4 Å². The molecule has 2 aromatic carbocycles. The summed E-state index contributed by atoms with van der Waals surface area (Å²) in [4.78, 5) is 15.9. The first-order chi connectivity index (χ1) is 14.1. The van der Waals surface area contributed by atoms with E-state index in [4.69, 9.17) is 5.73 Å². The maximum Gasteiger partial charge on any atom is 0.227 e. The van der Waals surface area contributed by atoms with E-state index in [0.717, 1.165) is 44.3 Å². The molecular weight excluding hydrogens is 358 g/mol. The number of nitrogens with zero attached hydrogens (tertiary/aromatic N) is 1. The van der Waals surface area contributed by atoms with Gasteiger partial charge in [-0.25, -0.2) is 0 Å². The number of likely N-dealkylation sites (tertiary alicyclic amines) is 1. The van der Waals surface area contributed by atoms with Gasteiger partial charge in [0.25, 0.3) is 0 Å². The van der Waals surface area contributed by atoms with Crippen LogP contribution in [0.1, 0.15) is 62.2 Å². The van der Waals surface area contributed by atoms with Crippen LogP contribution in [0.2, 0.25) is 0 Å². The van der Waals surface area contributed by atoms with E-state index in [1.807, 2.05) is 0 Å². The Hall–Kier alpha value is -2.33. The molecule has 3 aliphatic rings. The lowest BCUT2D eigenvalue weighted by Crippen LogP contribution is -2.48. The van der Waals surface area contributed by atoms with Crippen LogP contribution < -0.4 is 11.1 Å². The number of nitrogens with one attached hydrogen (secondary N) is 1. The Balaban J connectivity index is 1.56. The Morgan fingerprint density at radius 1 is 1.07 bits per heavy atom. The van der Waals surface area contributed by atoms with E-state index >= 15 is 0 Å². The Bertz CT molecular complexity index is 898. The number of anilines is 1. The van der Waals surface area contributed by atoms with E-state index in [9.17, 15) is 4.79 Å². The third kappa shape index (κ3) is 2.96. The van der Waals surface area contributed by atoms with Crippen LogP contribution in [-0.2, 0) is 4.79 Å². The summed E-state index contributed by atoms with van der Waals surface area (Å²) in [6.45, 7) is 3.16. The van der Waals surface area contributed by atoms with E-state index in [2.05, 4.69) is 71.7 Å². The van der Waals surface area contributed by atoms with E-state index < -0.39 is 0 Å². The molecule has 2 fully saturated rings. The number of hydrogen-bond acceptors (Lipinski definition) is 3. The molecule has 0 radical (unpaired) electrons. The summed E-state index contributed by atoms with van der Waals surface area (Å²) in [6, 6.07) is 19.5. The highest BCUT2D eigenvalue weighted by atomic mass is 16.2. The maximum atomic E-state index is 13.7. The molecule has 0 unspecified atom stereocenters. The van der Waals surface area contributed by atoms with Gasteiger partial charge in [0.1, 0.15) is 0 Å². The summed E-state index contributed by atoms with van der Waals surface area (Å²) in [5, 5.41) is 3.81. The molecule has 1 saturated heterocycles. The fourth-order valence-corrected chi connectivity index (χ4v) is 6.02. The van der Waals surface area contributed by atoms with Crippen molar-refractivity contribution in [3.05, 3.63) is 65.7 Å². The highest BCUT2D eigenvalue weighted by Gasteiger charge is 2.55. The Labute approximate surface area is 173 Å². The normalized spacial score (nSPS) is 33.5. The minimum absolute atomic E-state index is 0.00462. The van der Waals surface area contributed by atoms with Crippen LogP contribution in [0.15, 0.2) is 54.6 Å². The van der Waals surface area contributed by atoms with Crippen LogP contribution in [0.5, 0.6) is 0 Å². The van der Waals surface area contributed by atoms with E-state index in [0.29, 0.717) is 0 Å². The molecule has 1 amide bonds. The Kier molecular flexibility index (Phi) is 4.62. The number of nitrogens with two attached hydrogens (primary N) is 1. The minimum atomic E-state index is -0.0515. The average molecular weight is 390 g/mol. The van der Waals surface area contributed by atoms with Crippen molar-refractivity contribution in [1.82, 2.24) is 4.90 Å². The van der Waals surface area contributed by atoms with Gasteiger partial charge in [-0.1, -0.05) is 68.3 Å². The largest absolute Gasteiger partial charge is 0.377 e. The zero-order valence-corrected chi connectivity index (χ0v) is 17.2. The Morgan fingerprint density at radius 3 is 2.59 bits per heavy atom. The number of amides is 1. The lowest BCUT2D eigenvalue weighted by molar-refractivity contribution is -0.139. The van der Waals surface area contributed by atoms with Gasteiger partial charge in [-0.3, -0.25) is 4.79 Å². The molecule has 29 heavy (non-hydrogen) atoms. The summed E-state index contributed by atoms with van der Waals surface area (Å²) in [5.41, 5.74) is 10.0. The Morgan fingerprint density at radius 2 is 1.79 bits per heavy atom. The smallest absolute Gasteiger partial charge is 0.227 e. The van der Waals surface area contributed by atoms with Crippen molar-refractivity contribution in [2.24, 2.45) is 17.1 Å². The fourth-order valence-electron chi connectivity index (χ4n) is 6.02. The first-order valence-electron chi connectivity index (χ1n) is 11.1. The molecule has 1 saturated carbocycles. The zero-order chi connectivity index (χ0) is 20.0. The average Bonchev–Trinajstić information content (AvgIpc) is 3.12. The third-order valence-electron chi connectivity index (χ3n) is 7.59. The molecule has 5 atom stereocenters. The van der Waals surface area contributed by atoms with Gasteiger partial charge in [0.05, 0.1) is 18.0 Å². The van der Waals surface area contributed by atoms with Crippen molar-refractivity contribution in [2.45, 2.75) is 57.2 Å². The van der Waals surface area contributed by atoms with Crippen molar-refractivity contribution in [2.75, 3.05) is 11.9 Å². The molecular formula is C25H31N3O. The van der Waals surface area contributed by atoms with Crippen molar-refractivity contribution in [1.29, 1.82) is 0 Å². The first kappa shape index (κ1) is 18.7. The van der Waals surface area contributed by atoms with Gasteiger partial charge in [-0.15, -0.1) is 0 Å². The lowest BCUT2D eigenvalue weighted by atomic mass is 9.68. The predicted molar refractivity (Wildman–Crippen MR) is 116 cm³/mol. The lowest BCUT2D eigenvalue weighted by Gasteiger charge is -2.48. The minimum Gasteiger partial charge on any atom is -0.377 e. The monoisotopic (exact) mass is 389 g/mol. The summed E-state index contributed by atoms with van der Waals surface area (Å²) in [5.74, 6) is 0.248. The molecule has 0 aromatic heterocycles. The number of hydrogen-bond donors (Lipinski definition) is 2. The number of benzene rings is 2. The number of rotatable bonds is 2. The highest BCUT2D eigenvalue weighted by Crippen LogP contribution is 2.59. The first-order valence-corrected chi connectivity index (χ1v) is 11.1. The van der Waals surface area contributed by atoms with Crippen LogP contribution in [0.4, 0.5) is 5.69 Å². The summed E-state index contributed by atoms with van der Waals surface area (Å²) >= 11 is 0. The molecule has 152 valence electrons. The van der Waals surface area contributed by atoms with Gasteiger partial charge in [-0.05, 0) is 36.5 Å². The van der Waals surface area contributed by atoms with Crippen molar-refractivity contribution < 1.29 is 4.79 Å². The van der Waals surface area contributed by atoms with Gasteiger partial charge in [0.15, 0.2) is 0 Å². The number of fused-ring (bicyclic) bond motifs is 3. The van der Waals surface area contributed by atoms with Crippen LogP contribution in [0.3, 0.4) is 0 Å². The molecule has 3 N–H and O–H groups in total. The van der Waals surface area contributed by atoms with Crippen LogP contribution >= 0.6 is 0 Å². The number of carbonyl (C=O) groups excluding carboxylic acids is 1. The number of carbonyl (C=O) groups is 1. The van der Waals surface area contributed by atoms with Gasteiger partial charge < -0.3 is 16.0 Å².